The summed E-state index contributed by atoms with van der Waals surface area (Å²) in [6, 6.07) is 0. The van der Waals surface area contributed by atoms with Crippen LogP contribution in [-0.2, 0) is 6.54 Å². The number of hydrogen-bond donors (Lipinski definition) is 1. The summed E-state index contributed by atoms with van der Waals surface area (Å²) in [4.78, 5) is 9.66. The minimum absolute atomic E-state index is 0.584. The van der Waals surface area contributed by atoms with Crippen LogP contribution >= 0.6 is 0 Å². The van der Waals surface area contributed by atoms with E-state index in [0.29, 0.717) is 5.92 Å². The summed E-state index contributed by atoms with van der Waals surface area (Å²) in [5.74, 6) is 1.68. The number of aromatic nitrogens is 2. The van der Waals surface area contributed by atoms with Gasteiger partial charge in [-0.1, -0.05) is 39.0 Å². The molecule has 0 saturated heterocycles. The van der Waals surface area contributed by atoms with E-state index in [-0.39, 0.29) is 0 Å². The Morgan fingerprint density at radius 1 is 0.950 bits per heavy atom. The highest BCUT2D eigenvalue weighted by molar-refractivity contribution is 5.25. The summed E-state index contributed by atoms with van der Waals surface area (Å²) in [5.41, 5.74) is 3.60. The molecule has 0 spiro atoms. The van der Waals surface area contributed by atoms with Gasteiger partial charge in [0.1, 0.15) is 5.82 Å². The summed E-state index contributed by atoms with van der Waals surface area (Å²) < 4.78 is 0. The molecule has 0 amide bonds. The Labute approximate surface area is 123 Å². The molecule has 0 aromatic carbocycles. The third-order valence-electron chi connectivity index (χ3n) is 4.46. The molecule has 2 rings (SSSR count). The topological polar surface area (TPSA) is 37.8 Å². The Bertz CT molecular complexity index is 397. The van der Waals surface area contributed by atoms with Crippen LogP contribution in [0.2, 0.25) is 0 Å². The number of hydrogen-bond acceptors (Lipinski definition) is 3. The van der Waals surface area contributed by atoms with E-state index in [1.54, 1.807) is 0 Å². The Hall–Kier alpha value is -0.960. The molecule has 1 saturated carbocycles. The fourth-order valence-corrected chi connectivity index (χ4v) is 3.17. The molecule has 0 bridgehead atoms. The number of nitrogens with one attached hydrogen (secondary N) is 1. The molecule has 0 radical (unpaired) electrons. The predicted octanol–water partition coefficient (Wildman–Crippen LogP) is 4.03. The van der Waals surface area contributed by atoms with Crippen LogP contribution in [0.5, 0.6) is 0 Å². The lowest BCUT2D eigenvalue weighted by atomic mass is 9.90. The van der Waals surface area contributed by atoms with Gasteiger partial charge in [0.2, 0.25) is 0 Å². The van der Waals surface area contributed by atoms with Gasteiger partial charge in [0.25, 0.3) is 0 Å². The van der Waals surface area contributed by atoms with Crippen molar-refractivity contribution in [2.45, 2.75) is 78.2 Å². The van der Waals surface area contributed by atoms with Gasteiger partial charge in [0.15, 0.2) is 0 Å². The molecule has 112 valence electrons. The molecule has 1 aromatic heterocycles. The summed E-state index contributed by atoms with van der Waals surface area (Å²) in [6.07, 6.45) is 9.39. The summed E-state index contributed by atoms with van der Waals surface area (Å²) in [5, 5.41) is 3.38. The lowest BCUT2D eigenvalue weighted by molar-refractivity contribution is 0.440. The van der Waals surface area contributed by atoms with E-state index in [4.69, 9.17) is 9.97 Å². The second-order valence-corrected chi connectivity index (χ2v) is 6.05. The van der Waals surface area contributed by atoms with Gasteiger partial charge in [-0.05, 0) is 33.2 Å². The van der Waals surface area contributed by atoms with Crippen LogP contribution in [0.4, 0.5) is 0 Å². The zero-order chi connectivity index (χ0) is 14.4. The van der Waals surface area contributed by atoms with Crippen molar-refractivity contribution in [1.29, 1.82) is 0 Å². The Kier molecular flexibility index (Phi) is 5.96. The van der Waals surface area contributed by atoms with Gasteiger partial charge >= 0.3 is 0 Å². The van der Waals surface area contributed by atoms with Crippen molar-refractivity contribution >= 4 is 0 Å². The van der Waals surface area contributed by atoms with Crippen molar-refractivity contribution in [1.82, 2.24) is 15.3 Å². The van der Waals surface area contributed by atoms with Gasteiger partial charge in [0.05, 0.1) is 0 Å². The molecular formula is C17H29N3. The Morgan fingerprint density at radius 3 is 2.05 bits per heavy atom. The Morgan fingerprint density at radius 2 is 1.50 bits per heavy atom. The molecule has 0 atom stereocenters. The van der Waals surface area contributed by atoms with E-state index < -0.39 is 0 Å². The monoisotopic (exact) mass is 275 g/mol. The van der Waals surface area contributed by atoms with Crippen molar-refractivity contribution in [3.05, 3.63) is 22.8 Å². The summed E-state index contributed by atoms with van der Waals surface area (Å²) in [6.45, 7) is 8.28. The van der Waals surface area contributed by atoms with Crippen molar-refractivity contribution in [2.24, 2.45) is 0 Å². The second-order valence-electron chi connectivity index (χ2n) is 6.05. The zero-order valence-electron chi connectivity index (χ0n) is 13.3. The minimum atomic E-state index is 0.584. The van der Waals surface area contributed by atoms with E-state index in [1.807, 2.05) is 0 Å². The maximum Gasteiger partial charge on any atom is 0.131 e. The fraction of sp³-hybridized carbons (Fsp3) is 0.765. The molecule has 20 heavy (non-hydrogen) atoms. The van der Waals surface area contributed by atoms with Gasteiger partial charge in [-0.3, -0.25) is 0 Å². The average Bonchev–Trinajstić information content (AvgIpc) is 2.37. The summed E-state index contributed by atoms with van der Waals surface area (Å²) >= 11 is 0. The molecule has 1 heterocycles. The van der Waals surface area contributed by atoms with E-state index in [2.05, 4.69) is 26.1 Å². The van der Waals surface area contributed by atoms with E-state index in [1.165, 1.54) is 50.5 Å². The summed E-state index contributed by atoms with van der Waals surface area (Å²) in [7, 11) is 0. The van der Waals surface area contributed by atoms with Crippen molar-refractivity contribution < 1.29 is 0 Å². The first kappa shape index (κ1) is 15.4. The molecule has 0 unspecified atom stereocenters. The predicted molar refractivity (Wildman–Crippen MR) is 83.9 cm³/mol. The number of aryl methyl sites for hydroxylation is 2. The maximum absolute atomic E-state index is 4.83. The first-order chi connectivity index (χ1) is 9.72. The van der Waals surface area contributed by atoms with E-state index in [0.717, 1.165) is 30.3 Å². The SMILES string of the molecule is CCNCc1c(C)nc(C2CCCCCCC2)nc1C. The number of nitrogens with zero attached hydrogens (tertiary/aromatic N) is 2. The van der Waals surface area contributed by atoms with Gasteiger partial charge in [-0.25, -0.2) is 9.97 Å². The van der Waals surface area contributed by atoms with Gasteiger partial charge in [-0.2, -0.15) is 0 Å². The van der Waals surface area contributed by atoms with Crippen LogP contribution in [0.1, 0.15) is 80.6 Å². The second kappa shape index (κ2) is 7.72. The molecular weight excluding hydrogens is 246 g/mol. The van der Waals surface area contributed by atoms with Gasteiger partial charge in [-0.15, -0.1) is 0 Å². The van der Waals surface area contributed by atoms with Crippen molar-refractivity contribution in [3.8, 4) is 0 Å². The quantitative estimate of drug-likeness (QED) is 0.901. The molecule has 1 aromatic rings. The molecule has 3 nitrogen and oxygen atoms in total. The zero-order valence-corrected chi connectivity index (χ0v) is 13.3. The van der Waals surface area contributed by atoms with Crippen molar-refractivity contribution in [2.75, 3.05) is 6.54 Å². The van der Waals surface area contributed by atoms with Gasteiger partial charge in [0, 0.05) is 29.4 Å². The molecule has 1 aliphatic carbocycles. The molecule has 3 heteroatoms. The molecule has 1 aliphatic rings. The van der Waals surface area contributed by atoms with Crippen LogP contribution in [0.3, 0.4) is 0 Å². The Balaban J connectivity index is 2.15. The molecule has 1 N–H and O–H groups in total. The normalized spacial score (nSPS) is 17.8. The van der Waals surface area contributed by atoms with Crippen molar-refractivity contribution in [3.63, 3.8) is 0 Å². The maximum atomic E-state index is 4.83. The average molecular weight is 275 g/mol. The first-order valence-corrected chi connectivity index (χ1v) is 8.27. The smallest absolute Gasteiger partial charge is 0.131 e. The van der Waals surface area contributed by atoms with Crippen LogP contribution < -0.4 is 5.32 Å². The lowest BCUT2D eigenvalue weighted by Crippen LogP contribution is -2.17. The van der Waals surface area contributed by atoms with Crippen LogP contribution in [0.25, 0.3) is 0 Å². The fourth-order valence-electron chi connectivity index (χ4n) is 3.17. The third kappa shape index (κ3) is 4.02. The van der Waals surface area contributed by atoms with Crippen LogP contribution in [-0.4, -0.2) is 16.5 Å². The standard InChI is InChI=1S/C17H29N3/c1-4-18-12-16-13(2)19-17(20-14(16)3)15-10-8-6-5-7-9-11-15/h15,18H,4-12H2,1-3H3. The highest BCUT2D eigenvalue weighted by Gasteiger charge is 2.18. The first-order valence-electron chi connectivity index (χ1n) is 8.27. The number of rotatable bonds is 4. The van der Waals surface area contributed by atoms with Crippen LogP contribution in [0, 0.1) is 13.8 Å². The third-order valence-corrected chi connectivity index (χ3v) is 4.46. The van der Waals surface area contributed by atoms with E-state index >= 15 is 0 Å². The molecule has 0 aliphatic heterocycles. The highest BCUT2D eigenvalue weighted by atomic mass is 14.9. The van der Waals surface area contributed by atoms with E-state index in [9.17, 15) is 0 Å². The molecule has 1 fully saturated rings. The minimum Gasteiger partial charge on any atom is -0.313 e. The lowest BCUT2D eigenvalue weighted by Gasteiger charge is -2.20. The van der Waals surface area contributed by atoms with Crippen LogP contribution in [0.15, 0.2) is 0 Å². The van der Waals surface area contributed by atoms with Gasteiger partial charge < -0.3 is 5.32 Å². The highest BCUT2D eigenvalue weighted by Crippen LogP contribution is 2.29. The largest absolute Gasteiger partial charge is 0.313 e.